The van der Waals surface area contributed by atoms with Gasteiger partial charge in [-0.3, -0.25) is 52.9 Å². The van der Waals surface area contributed by atoms with E-state index in [9.17, 15) is 33.9 Å². The minimum Gasteiger partial charge on any atom is -0.468 e. The summed E-state index contributed by atoms with van der Waals surface area (Å²) in [5.41, 5.74) is 39.6. The summed E-state index contributed by atoms with van der Waals surface area (Å²) >= 11 is 26.8. The van der Waals surface area contributed by atoms with E-state index in [1.54, 1.807) is 72.4 Å². The minimum absolute atomic E-state index is 0.000000000000000444. The summed E-state index contributed by atoms with van der Waals surface area (Å²) in [6.07, 6.45) is 4.94. The number of hydrogen-bond acceptors (Lipinski definition) is 62. The fraction of sp³-hybridized carbons (Fsp3) is 0.356. The predicted molar refractivity (Wildman–Crippen MR) is 518 cm³/mol. The van der Waals surface area contributed by atoms with Crippen LogP contribution in [-0.4, -0.2) is 306 Å². The number of aliphatic hydroxyl groups is 3. The Morgan fingerprint density at radius 3 is 1.10 bits per heavy atom. The molecule has 74 heteroatoms. The maximum absolute atomic E-state index is 12.1. The average molecular weight is 2170 g/mol. The van der Waals surface area contributed by atoms with Gasteiger partial charge < -0.3 is 96.1 Å². The molecule has 0 aliphatic heterocycles. The molecule has 0 saturated heterocycles. The number of nitrogens with two attached hydrogens (primary N) is 10. The summed E-state index contributed by atoms with van der Waals surface area (Å²) in [6, 6.07) is 8.60. The number of carbonyl (C=O) groups excluding carboxylic acids is 6. The lowest BCUT2D eigenvalue weighted by atomic mass is 10.2. The second-order valence-corrected chi connectivity index (χ2v) is 26.7. The van der Waals surface area contributed by atoms with Gasteiger partial charge in [0, 0.05) is 61.7 Å². The first-order valence-corrected chi connectivity index (χ1v) is 41.1. The van der Waals surface area contributed by atoms with Crippen molar-refractivity contribution in [3.8, 4) is 66.0 Å². The normalized spacial score (nSPS) is 9.97. The number of methoxy groups -OCH3 is 11. The molecule has 12 heterocycles. The van der Waals surface area contributed by atoms with Gasteiger partial charge in [0.25, 0.3) is 30.3 Å². The van der Waals surface area contributed by atoms with E-state index in [1.165, 1.54) is 136 Å². The van der Waals surface area contributed by atoms with Gasteiger partial charge in [0.15, 0.2) is 40.4 Å². The molecule has 147 heavy (non-hydrogen) atoms. The molecular weight excluding hydrogens is 2060 g/mol. The second kappa shape index (κ2) is 69.7. The number of hydrazine groups is 4. The molecule has 69 nitrogen and oxygen atoms in total. The van der Waals surface area contributed by atoms with Crippen LogP contribution < -0.4 is 93.1 Å². The van der Waals surface area contributed by atoms with Gasteiger partial charge in [-0.25, -0.2) is 35.4 Å². The Hall–Kier alpha value is -17.1. The smallest absolute Gasteiger partial charge is 0.348 e. The highest BCUT2D eigenvalue weighted by atomic mass is 35.5. The van der Waals surface area contributed by atoms with E-state index in [-0.39, 0.29) is 163 Å². The molecule has 0 unspecified atom stereocenters. The van der Waals surface area contributed by atoms with Crippen LogP contribution in [0.15, 0.2) is 62.8 Å². The number of Topliss-reactive ketones (excluding diaryl/α,β-unsaturated/α-hetero) is 2. The fourth-order valence-electron chi connectivity index (χ4n) is 8.95. The summed E-state index contributed by atoms with van der Waals surface area (Å²) in [6.45, 7) is 6.73. The Labute approximate surface area is 858 Å². The maximum atomic E-state index is 12.1. The summed E-state index contributed by atoms with van der Waals surface area (Å²) < 4.78 is 60.4. The monoisotopic (exact) mass is 2160 g/mol. The first-order chi connectivity index (χ1) is 69.9. The van der Waals surface area contributed by atoms with Gasteiger partial charge in [-0.2, -0.15) is 145 Å². The number of ketones is 2. The molecular formula is C73H104Cl5N49O20. The predicted octanol–water partition coefficient (Wildman–Crippen LogP) is 0.464. The lowest BCUT2D eigenvalue weighted by Crippen LogP contribution is -2.16. The van der Waals surface area contributed by atoms with Gasteiger partial charge in [0.2, 0.25) is 38.3 Å². The van der Waals surface area contributed by atoms with Gasteiger partial charge in [-0.1, -0.05) is 0 Å². The molecule has 0 spiro atoms. The summed E-state index contributed by atoms with van der Waals surface area (Å²) in [7, 11) is 22.6. The maximum Gasteiger partial charge on any atom is 0.348 e. The van der Waals surface area contributed by atoms with Crippen LogP contribution in [0.4, 0.5) is 64.0 Å². The lowest BCUT2D eigenvalue weighted by molar-refractivity contribution is -0.252. The highest BCUT2D eigenvalue weighted by Gasteiger charge is 2.26. The number of rotatable bonds is 25. The quantitative estimate of drug-likeness (QED) is 0.00425. The zero-order valence-electron chi connectivity index (χ0n) is 81.9. The molecule has 0 bridgehead atoms. The van der Waals surface area contributed by atoms with E-state index in [0.29, 0.717) is 34.4 Å². The minimum atomic E-state index is -0.725. The Kier molecular flexibility index (Phi) is 61.6. The zero-order valence-corrected chi connectivity index (χ0v) is 85.7. The lowest BCUT2D eigenvalue weighted by Gasteiger charge is -2.08. The van der Waals surface area contributed by atoms with Gasteiger partial charge >= 0.3 is 47.9 Å². The van der Waals surface area contributed by atoms with Crippen LogP contribution in [0, 0.1) is 61.7 Å². The highest BCUT2D eigenvalue weighted by molar-refractivity contribution is 6.33. The van der Waals surface area contributed by atoms with Crippen molar-refractivity contribution in [2.45, 2.75) is 53.9 Å². The first-order valence-electron chi connectivity index (χ1n) is 39.3. The molecule has 796 valence electrons. The van der Waals surface area contributed by atoms with Crippen LogP contribution >= 0.6 is 58.0 Å². The van der Waals surface area contributed by atoms with Crippen molar-refractivity contribution >= 4 is 157 Å². The van der Waals surface area contributed by atoms with Crippen LogP contribution in [0.25, 0.3) is 23.8 Å². The van der Waals surface area contributed by atoms with Crippen LogP contribution in [0.2, 0.25) is 26.4 Å². The van der Waals surface area contributed by atoms with Crippen molar-refractivity contribution in [1.82, 2.24) is 149 Å². The number of esters is 4. The van der Waals surface area contributed by atoms with Gasteiger partial charge in [0.05, 0.1) is 129 Å². The molecule has 0 aliphatic carbocycles. The number of ether oxygens (including phenoxy) is 11. The largest absolute Gasteiger partial charge is 0.468 e. The van der Waals surface area contributed by atoms with E-state index in [4.69, 9.17) is 143 Å². The number of hydrogen-bond donors (Lipinski definition) is 16. The molecule has 0 aliphatic rings. The Morgan fingerprint density at radius 2 is 0.810 bits per heavy atom. The average Bonchev–Trinajstić information content (AvgIpc) is 1.62. The molecule has 0 amide bonds. The van der Waals surface area contributed by atoms with Crippen molar-refractivity contribution in [3.05, 3.63) is 108 Å². The summed E-state index contributed by atoms with van der Waals surface area (Å²) in [5, 5.41) is 94.1. The topological polar surface area (TPSA) is 1000 Å². The van der Waals surface area contributed by atoms with Crippen molar-refractivity contribution in [2.24, 2.45) is 70.8 Å². The van der Waals surface area contributed by atoms with Crippen LogP contribution in [-0.2, 0) is 68.7 Å². The third-order valence-corrected chi connectivity index (χ3v) is 16.1. The zero-order chi connectivity index (χ0) is 112. The van der Waals surface area contributed by atoms with Crippen molar-refractivity contribution in [3.63, 3.8) is 0 Å². The number of anilines is 7. The van der Waals surface area contributed by atoms with Gasteiger partial charge in [-0.15, -0.1) is 20.5 Å². The SMILES string of the molecule is CC(=O)CC#N.CNN.CO.COC(=O)C(C#N)=CCO.COC(=O)CC#N.COC(=O)c1cnn(C)c1N.COC(=O)c1cnn(C)c1N=Nc1c(C)nn(-c2nc(OC)nc(-n3nc(C)c(N=Nc4c(C(=O)CO)cnn4C)c3N)n2)c1N.COC(OC)OC.COc1nc(-n2nc(C)cc2N)nc(-n2nc(C)cc2N)n1.COc1nc(Cl)nc(Cl)n1.COc1nc(NN)nc(NN)n1.Clc1nc(Cl)nc(Cl)n1.NN. The number of nitrogen functional groups attached to an aromatic ring is 7. The summed E-state index contributed by atoms with van der Waals surface area (Å²) in [4.78, 5) is 123. The molecule has 26 N–H and O–H groups in total. The molecule has 0 fully saturated rings. The van der Waals surface area contributed by atoms with E-state index in [1.807, 2.05) is 13.8 Å². The number of aromatic nitrogens is 29. The number of nitrogens with zero attached hydrogens (tertiary/aromatic N) is 36. The molecule has 0 saturated carbocycles. The van der Waals surface area contributed by atoms with Gasteiger partial charge in [-0.05, 0) is 106 Å². The molecule has 12 aromatic heterocycles. The highest BCUT2D eigenvalue weighted by Crippen LogP contribution is 2.34. The van der Waals surface area contributed by atoms with Crippen LogP contribution in [0.3, 0.4) is 0 Å². The number of aliphatic hydroxyl groups excluding tert-OH is 3. The first kappa shape index (κ1) is 130. The third-order valence-electron chi connectivity index (χ3n) is 15.2. The summed E-state index contributed by atoms with van der Waals surface area (Å²) in [5.74, 6) is 21.8. The number of nitrogens with one attached hydrogen (secondary N) is 3. The molecule has 0 aromatic carbocycles. The van der Waals surface area contributed by atoms with E-state index in [2.05, 4.69) is 198 Å². The van der Waals surface area contributed by atoms with E-state index < -0.39 is 42.7 Å². The molecule has 12 aromatic rings. The van der Waals surface area contributed by atoms with E-state index in [0.717, 1.165) is 24.6 Å². The Bertz CT molecular complexity index is 6090. The number of nitriles is 3. The Morgan fingerprint density at radius 1 is 0.463 bits per heavy atom. The number of halogens is 5. The van der Waals surface area contributed by atoms with Crippen molar-refractivity contribution in [2.75, 3.05) is 145 Å². The molecule has 12 rings (SSSR count). The van der Waals surface area contributed by atoms with Gasteiger partial charge in [0.1, 0.15) is 59.0 Å². The third kappa shape index (κ3) is 43.3. The van der Waals surface area contributed by atoms with Crippen molar-refractivity contribution in [1.29, 1.82) is 15.8 Å². The van der Waals surface area contributed by atoms with Crippen molar-refractivity contribution < 1.29 is 96.2 Å². The van der Waals surface area contributed by atoms with E-state index >= 15 is 0 Å². The molecule has 0 radical (unpaired) electrons. The fourth-order valence-corrected chi connectivity index (χ4v) is 9.91. The standard InChI is InChI=1S/C24H27N17O5.C12H15N9O.C6H9N3O2.C6H7NO3.C4H3Cl2N3O.C4H9N7O.C4H5NO2.C4H5NO.C4H10O3.C3Cl3N3.CH6N2.CH4O.H4N2/c1-10-15(32-34-19-12(14(43)9-42)7-27-38(19)3)17(25)40(36-10)22-29-23(31-24(30-22)46-6)41-18(26)16(11(2)37-41)33-35-20-13(21(44)45-5)8-28-39(20)4;1-6-4-8(13)20(18-6)10-15-11(17-12(16-10)22-3)21-9(14)5-7(2)19-21;1-9-5(7)4(3-8-9)6(10)11-2;1-10-6(9)5(4-7)2-3-8;1-10-4-8-2(5)7-3(6)9-4;1-12-4-8-2(10-5)7-3(9-4)11-6;1-7-4(6)2-3-5;1-4(6)2-3-5;1-5-4(6-2)7-3;4-1-7-2(5)9-3(6)8-1;1-3-2;2*1-2/h7-8,42H,9,25-26H2,1-6H3;4-5H,13-14H2,1-3H3;3H,7H2,1-2H3;2,8H,3H2,1H3;1H3;5-6H2,1H3,(H2,7,8,9,10,11);2H2,1H3;2H2,1H3;4H,1-3H3;;3H,2H2,1H3;2H,1H3;1-2H2. The number of carbonyl (C=O) groups is 6. The van der Waals surface area contributed by atoms with Crippen LogP contribution in [0.1, 0.15) is 73.6 Å². The Balaban J connectivity index is 0.00000177. The molecule has 0 atom stereocenters. The van der Waals surface area contributed by atoms with Crippen LogP contribution in [0.5, 0.6) is 24.0 Å². The second-order valence-electron chi connectivity index (χ2n) is 25.0. The number of azo groups is 2. The number of aryl methyl sites for hydroxylation is 7.